The Hall–Kier alpha value is -2.77. The number of ether oxygens (including phenoxy) is 1. The minimum absolute atomic E-state index is 0. The third kappa shape index (κ3) is 4.94. The number of aromatic nitrogens is 2. The summed E-state index contributed by atoms with van der Waals surface area (Å²) < 4.78 is 32.0. The maximum Gasteiger partial charge on any atom is 0.246 e. The summed E-state index contributed by atoms with van der Waals surface area (Å²) in [6, 6.07) is 3.60. The van der Waals surface area contributed by atoms with Crippen molar-refractivity contribution >= 4 is 17.4 Å². The molecule has 2 heterocycles. The highest BCUT2D eigenvalue weighted by Crippen LogP contribution is 2.35. The van der Waals surface area contributed by atoms with Crippen LogP contribution >= 0.6 is 0 Å². The van der Waals surface area contributed by atoms with Gasteiger partial charge in [-0.3, -0.25) is 4.79 Å². The summed E-state index contributed by atoms with van der Waals surface area (Å²) in [5.41, 5.74) is 0.766. The van der Waals surface area contributed by atoms with E-state index in [4.69, 9.17) is 9.72 Å². The molecule has 0 saturated heterocycles. The monoisotopic (exact) mass is 434 g/mol. The van der Waals surface area contributed by atoms with Gasteiger partial charge in [-0.25, -0.2) is 18.7 Å². The third-order valence-corrected chi connectivity index (χ3v) is 5.57. The third-order valence-electron chi connectivity index (χ3n) is 5.57. The number of hydrogen-bond donors (Lipinski definition) is 0. The number of carbonyl (C=O) groups excluding carboxylic acids is 1. The van der Waals surface area contributed by atoms with Gasteiger partial charge in [0, 0.05) is 25.6 Å². The van der Waals surface area contributed by atoms with Gasteiger partial charge in [-0.05, 0) is 44.7 Å². The second kappa shape index (κ2) is 10.0. The Morgan fingerprint density at radius 2 is 1.87 bits per heavy atom. The molecule has 1 saturated carbocycles. The lowest BCUT2D eigenvalue weighted by atomic mass is 9.80. The van der Waals surface area contributed by atoms with E-state index in [1.54, 1.807) is 11.1 Å². The summed E-state index contributed by atoms with van der Waals surface area (Å²) in [6.07, 6.45) is 4.09. The molecule has 2 aliphatic rings. The quantitative estimate of drug-likeness (QED) is 0.664. The van der Waals surface area contributed by atoms with Gasteiger partial charge in [-0.1, -0.05) is 14.9 Å². The molecule has 1 aliphatic carbocycles. The van der Waals surface area contributed by atoms with Crippen molar-refractivity contribution in [3.63, 3.8) is 0 Å². The molecule has 6 nitrogen and oxygen atoms in total. The zero-order chi connectivity index (χ0) is 20.5. The van der Waals surface area contributed by atoms with E-state index in [2.05, 4.69) is 4.98 Å². The average molecular weight is 435 g/mol. The first kappa shape index (κ1) is 24.5. The first-order valence-corrected chi connectivity index (χ1v) is 10.0. The molecule has 0 bridgehead atoms. The fraction of sp³-hybridized carbons (Fsp3) is 0.522. The Morgan fingerprint density at radius 1 is 1.13 bits per heavy atom. The van der Waals surface area contributed by atoms with Crippen LogP contribution in [0, 0.1) is 17.6 Å². The second-order valence-corrected chi connectivity index (χ2v) is 7.50. The van der Waals surface area contributed by atoms with Crippen molar-refractivity contribution in [2.24, 2.45) is 5.92 Å². The predicted octanol–water partition coefficient (Wildman–Crippen LogP) is 4.62. The molecule has 0 spiro atoms. The van der Waals surface area contributed by atoms with Crippen LogP contribution in [0.2, 0.25) is 0 Å². The van der Waals surface area contributed by atoms with E-state index in [0.717, 1.165) is 48.7 Å². The highest BCUT2D eigenvalue weighted by Gasteiger charge is 2.33. The number of halogens is 2. The van der Waals surface area contributed by atoms with E-state index < -0.39 is 11.6 Å². The Balaban J connectivity index is 0.00000171. The zero-order valence-corrected chi connectivity index (χ0v) is 16.6. The number of rotatable bonds is 6. The van der Waals surface area contributed by atoms with Crippen LogP contribution in [0.4, 0.5) is 20.3 Å². The lowest BCUT2D eigenvalue weighted by Crippen LogP contribution is -2.46. The van der Waals surface area contributed by atoms with Crippen molar-refractivity contribution in [3.05, 3.63) is 41.9 Å². The van der Waals surface area contributed by atoms with E-state index in [0.29, 0.717) is 31.3 Å². The first-order chi connectivity index (χ1) is 14.0. The molecule has 1 amide bonds. The molecule has 170 valence electrons. The second-order valence-electron chi connectivity index (χ2n) is 7.50. The lowest BCUT2D eigenvalue weighted by molar-refractivity contribution is -0.117. The Labute approximate surface area is 183 Å². The minimum atomic E-state index is -0.902. The summed E-state index contributed by atoms with van der Waals surface area (Å²) >= 11 is 0. The maximum atomic E-state index is 13.3. The van der Waals surface area contributed by atoms with Crippen molar-refractivity contribution < 1.29 is 18.3 Å². The first-order valence-electron chi connectivity index (χ1n) is 10.0. The number of amides is 1. The van der Waals surface area contributed by atoms with Crippen LogP contribution in [-0.2, 0) is 11.2 Å². The van der Waals surface area contributed by atoms with Crippen LogP contribution in [0.5, 0.6) is 5.75 Å². The number of hydrogen-bond acceptors (Lipinski definition) is 5. The fourth-order valence-electron chi connectivity index (χ4n) is 3.93. The molecule has 0 unspecified atom stereocenters. The number of fused-ring (bicyclic) bond motifs is 1. The molecular weight excluding hydrogens is 402 g/mol. The van der Waals surface area contributed by atoms with Crippen LogP contribution in [0.1, 0.15) is 47.4 Å². The number of likely N-dealkylation sites (N-methyl/N-ethyl adjacent to an activating group) is 2. The van der Waals surface area contributed by atoms with Crippen LogP contribution in [-0.4, -0.2) is 41.6 Å². The van der Waals surface area contributed by atoms with Crippen LogP contribution in [0.25, 0.3) is 0 Å². The predicted molar refractivity (Wildman–Crippen MR) is 119 cm³/mol. The number of anilines is 2. The van der Waals surface area contributed by atoms with E-state index in [-0.39, 0.29) is 26.9 Å². The van der Waals surface area contributed by atoms with Crippen molar-refractivity contribution in [2.45, 2.75) is 54.1 Å². The molecule has 0 radical (unpaired) electrons. The summed E-state index contributed by atoms with van der Waals surface area (Å²) in [6.45, 7) is 5.59. The van der Waals surface area contributed by atoms with Crippen molar-refractivity contribution in [1.82, 2.24) is 9.97 Å². The van der Waals surface area contributed by atoms with Gasteiger partial charge in [-0.2, -0.15) is 0 Å². The number of nitrogens with zero attached hydrogens (tertiary/aromatic N) is 4. The number of benzene rings is 1. The van der Waals surface area contributed by atoms with Gasteiger partial charge in [-0.15, -0.1) is 0 Å². The van der Waals surface area contributed by atoms with E-state index in [1.807, 2.05) is 18.7 Å². The topological polar surface area (TPSA) is 58.6 Å². The van der Waals surface area contributed by atoms with Gasteiger partial charge in [0.05, 0.1) is 18.8 Å². The summed E-state index contributed by atoms with van der Waals surface area (Å²) in [4.78, 5) is 25.2. The van der Waals surface area contributed by atoms with E-state index in [9.17, 15) is 13.6 Å². The van der Waals surface area contributed by atoms with Gasteiger partial charge >= 0.3 is 0 Å². The van der Waals surface area contributed by atoms with Crippen molar-refractivity contribution in [3.8, 4) is 5.75 Å². The van der Waals surface area contributed by atoms with Crippen LogP contribution in [0.3, 0.4) is 0 Å². The summed E-state index contributed by atoms with van der Waals surface area (Å²) in [7, 11) is 0. The van der Waals surface area contributed by atoms with E-state index in [1.165, 1.54) is 6.07 Å². The minimum Gasteiger partial charge on any atom is -0.490 e. The smallest absolute Gasteiger partial charge is 0.246 e. The lowest BCUT2D eigenvalue weighted by Gasteiger charge is -2.36. The summed E-state index contributed by atoms with van der Waals surface area (Å²) in [5, 5.41) is 0. The average Bonchev–Trinajstić information content (AvgIpc) is 2.68. The SMILES string of the molecule is C.C.CCN1CC(=O)N(CC)c2cnc(CC3CC(Oc4ccc(F)c(F)c4)C3)nc21. The highest BCUT2D eigenvalue weighted by atomic mass is 19.2. The van der Waals surface area contributed by atoms with Crippen molar-refractivity contribution in [1.29, 1.82) is 0 Å². The molecule has 0 atom stereocenters. The standard InChI is InChI=1S/C21H24F2N4O2.2CH4/c1-3-26-12-20(28)27(4-2)18-11-24-19(25-21(18)26)9-13-7-15(8-13)29-14-5-6-16(22)17(23)10-14;;/h5-6,10-11,13,15H,3-4,7-9,12H2,1-2H3;2*1H4. The van der Waals surface area contributed by atoms with Gasteiger partial charge in [0.25, 0.3) is 0 Å². The molecule has 1 aromatic carbocycles. The number of carbonyl (C=O) groups is 1. The molecule has 31 heavy (non-hydrogen) atoms. The van der Waals surface area contributed by atoms with Crippen molar-refractivity contribution in [2.75, 3.05) is 29.4 Å². The molecule has 1 aliphatic heterocycles. The molecule has 0 N–H and O–H groups in total. The molecule has 1 aromatic heterocycles. The van der Waals surface area contributed by atoms with Crippen LogP contribution < -0.4 is 14.5 Å². The van der Waals surface area contributed by atoms with Gasteiger partial charge < -0.3 is 14.5 Å². The molecule has 8 heteroatoms. The zero-order valence-electron chi connectivity index (χ0n) is 16.6. The molecule has 1 fully saturated rings. The molecule has 2 aromatic rings. The van der Waals surface area contributed by atoms with Gasteiger partial charge in [0.15, 0.2) is 17.5 Å². The maximum absolute atomic E-state index is 13.3. The fourth-order valence-corrected chi connectivity index (χ4v) is 3.93. The largest absolute Gasteiger partial charge is 0.490 e. The van der Waals surface area contributed by atoms with Crippen LogP contribution in [0.15, 0.2) is 24.4 Å². The Kier molecular flexibility index (Phi) is 7.92. The van der Waals surface area contributed by atoms with Gasteiger partial charge in [0.1, 0.15) is 17.3 Å². The molecule has 4 rings (SSSR count). The van der Waals surface area contributed by atoms with E-state index >= 15 is 0 Å². The normalized spacial score (nSPS) is 19.7. The Morgan fingerprint density at radius 3 is 2.52 bits per heavy atom. The highest BCUT2D eigenvalue weighted by molar-refractivity contribution is 6.02. The van der Waals surface area contributed by atoms with Gasteiger partial charge in [0.2, 0.25) is 5.91 Å². The summed E-state index contributed by atoms with van der Waals surface area (Å²) in [5.74, 6) is 0.580. The molecular formula is C23H32F2N4O2. The Bertz CT molecular complexity index is 918.